The number of carbonyl (C=O) groups is 6. The van der Waals surface area contributed by atoms with Gasteiger partial charge < -0.3 is 43.6 Å². The molecule has 3 N–H and O–H groups in total. The second kappa shape index (κ2) is 18.5. The first-order valence-electron chi connectivity index (χ1n) is 24.1. The third kappa shape index (κ3) is 8.24. The molecule has 5 aliphatic rings. The first-order chi connectivity index (χ1) is 31.9. The number of ketones is 1. The van der Waals surface area contributed by atoms with Crippen LogP contribution in [-0.4, -0.2) is 114 Å². The summed E-state index contributed by atoms with van der Waals surface area (Å²) in [4.78, 5) is 85.9. The highest BCUT2D eigenvalue weighted by atomic mass is 28.4. The number of aliphatic hydroxyl groups excluding tert-OH is 1. The number of carbonyl (C=O) groups excluding carboxylic acids is 6. The Morgan fingerprint density at radius 2 is 1.44 bits per heavy atom. The number of rotatable bonds is 15. The number of nitrogens with one attached hydrogen (secondary N) is 1. The molecule has 1 saturated heterocycles. The molecule has 1 heterocycles. The highest BCUT2D eigenvalue weighted by Gasteiger charge is 2.79. The lowest BCUT2D eigenvalue weighted by molar-refractivity contribution is -0.344. The third-order valence-electron chi connectivity index (χ3n) is 16.7. The quantitative estimate of drug-likeness (QED) is 0.0760. The molecular weight excluding hydrogens is 891 g/mol. The summed E-state index contributed by atoms with van der Waals surface area (Å²) in [6.07, 6.45) is -8.71. The number of Topliss-reactive ketones (excluding diaryl/α,β-unsaturated/α-hetero) is 1. The Morgan fingerprint density at radius 1 is 0.853 bits per heavy atom. The largest absolute Gasteiger partial charge is 0.456 e. The molecule has 370 valence electrons. The van der Waals surface area contributed by atoms with Crippen LogP contribution in [0.25, 0.3) is 0 Å². The highest BCUT2D eigenvalue weighted by molar-refractivity contribution is 6.73. The number of hydrogen-bond acceptors (Lipinski definition) is 14. The van der Waals surface area contributed by atoms with E-state index in [-0.39, 0.29) is 48.0 Å². The molecule has 1 amide bonds. The van der Waals surface area contributed by atoms with E-state index >= 15 is 4.79 Å². The summed E-state index contributed by atoms with van der Waals surface area (Å²) in [5, 5.41) is 29.1. The van der Waals surface area contributed by atoms with Crippen LogP contribution in [0.5, 0.6) is 0 Å². The average Bonchev–Trinajstić information content (AvgIpc) is 4.04. The number of amides is 1. The van der Waals surface area contributed by atoms with Crippen molar-refractivity contribution < 1.29 is 67.1 Å². The van der Waals surface area contributed by atoms with E-state index in [0.717, 1.165) is 0 Å². The van der Waals surface area contributed by atoms with Crippen LogP contribution in [-0.2, 0) is 47.3 Å². The van der Waals surface area contributed by atoms with Gasteiger partial charge in [-0.15, -0.1) is 0 Å². The summed E-state index contributed by atoms with van der Waals surface area (Å²) in [6, 6.07) is 18.6. The van der Waals surface area contributed by atoms with Gasteiger partial charge in [0, 0.05) is 37.7 Å². The number of fused-ring (bicyclic) bond motifs is 5. The predicted octanol–water partition coefficient (Wildman–Crippen LogP) is 6.44. The molecular formula is C52H69NO14Si. The molecule has 7 rings (SSSR count). The number of benzene rings is 2. The summed E-state index contributed by atoms with van der Waals surface area (Å²) < 4.78 is 39.0. The zero-order valence-electron chi connectivity index (χ0n) is 41.2. The molecule has 0 aromatic heterocycles. The molecule has 2 aromatic carbocycles. The minimum absolute atomic E-state index is 0.0583. The first kappa shape index (κ1) is 51.1. The van der Waals surface area contributed by atoms with Gasteiger partial charge in [-0.25, -0.2) is 9.59 Å². The van der Waals surface area contributed by atoms with Gasteiger partial charge in [0.05, 0.1) is 35.1 Å². The van der Waals surface area contributed by atoms with Crippen molar-refractivity contribution in [2.75, 3.05) is 6.61 Å². The Labute approximate surface area is 400 Å². The Balaban J connectivity index is 1.44. The summed E-state index contributed by atoms with van der Waals surface area (Å²) in [5.41, 5.74) is -8.02. The van der Waals surface area contributed by atoms with Crippen molar-refractivity contribution >= 4 is 43.9 Å². The van der Waals surface area contributed by atoms with E-state index in [1.807, 2.05) is 34.6 Å². The van der Waals surface area contributed by atoms with Crippen LogP contribution in [0, 0.1) is 28.6 Å². The Kier molecular flexibility index (Phi) is 13.9. The number of aliphatic hydroxyl groups is 2. The lowest BCUT2D eigenvalue weighted by Gasteiger charge is -2.68. The van der Waals surface area contributed by atoms with E-state index in [0.29, 0.717) is 23.7 Å². The van der Waals surface area contributed by atoms with Crippen LogP contribution in [0.4, 0.5) is 0 Å². The smallest absolute Gasteiger partial charge is 0.338 e. The van der Waals surface area contributed by atoms with Gasteiger partial charge in [-0.1, -0.05) is 84.9 Å². The molecule has 0 spiro atoms. The summed E-state index contributed by atoms with van der Waals surface area (Å²) >= 11 is 0. The number of hydrogen-bond donors (Lipinski definition) is 3. The second-order valence-corrected chi connectivity index (χ2v) is 25.6. The normalized spacial score (nSPS) is 34.1. The fraction of sp³-hybridized carbons (Fsp3) is 0.615. The van der Waals surface area contributed by atoms with Crippen molar-refractivity contribution in [2.45, 2.75) is 167 Å². The van der Waals surface area contributed by atoms with E-state index < -0.39 is 120 Å². The van der Waals surface area contributed by atoms with E-state index in [9.17, 15) is 34.2 Å². The van der Waals surface area contributed by atoms with E-state index in [4.69, 9.17) is 28.1 Å². The SMILES string of the molecule is CC[Si](CC)(CC)O[C@H]1C[C@H]2OC[C@@]2(OC(C)=O)[C@H]2[C@H](OC(=O)c3ccccc3)[C@]3(O)C[C@H](OC(=O)[C@H](O)[C@]4(NC(=O)c5ccccc5)C[C@H]4C(C)C)C(C)=C([C@@H](OC(C)=O)C(=O)[C@]12C)C3(C)C. The lowest BCUT2D eigenvalue weighted by atomic mass is 9.44. The highest BCUT2D eigenvalue weighted by Crippen LogP contribution is 2.65. The lowest BCUT2D eigenvalue weighted by Crippen LogP contribution is -2.82. The molecule has 0 unspecified atom stereocenters. The topological polar surface area (TPSA) is 210 Å². The third-order valence-corrected chi connectivity index (χ3v) is 21.3. The molecule has 4 aliphatic carbocycles. The van der Waals surface area contributed by atoms with E-state index in [1.165, 1.54) is 13.8 Å². The molecule has 12 atom stereocenters. The van der Waals surface area contributed by atoms with Crippen molar-refractivity contribution in [1.29, 1.82) is 0 Å². The minimum Gasteiger partial charge on any atom is -0.456 e. The van der Waals surface area contributed by atoms with Gasteiger partial charge in [-0.3, -0.25) is 19.2 Å². The van der Waals surface area contributed by atoms with Gasteiger partial charge in [0.25, 0.3) is 5.91 Å². The van der Waals surface area contributed by atoms with Crippen LogP contribution in [0.2, 0.25) is 18.1 Å². The first-order valence-corrected chi connectivity index (χ1v) is 26.6. The van der Waals surface area contributed by atoms with Crippen LogP contribution in [0.3, 0.4) is 0 Å². The molecule has 4 fully saturated rings. The zero-order chi connectivity index (χ0) is 49.9. The monoisotopic (exact) mass is 959 g/mol. The maximum absolute atomic E-state index is 16.3. The van der Waals surface area contributed by atoms with Gasteiger partial charge in [-0.05, 0) is 85.6 Å². The summed E-state index contributed by atoms with van der Waals surface area (Å²) in [6.45, 7) is 18.7. The van der Waals surface area contributed by atoms with Gasteiger partial charge in [0.1, 0.15) is 23.9 Å². The Bertz CT molecular complexity index is 2320. The summed E-state index contributed by atoms with van der Waals surface area (Å²) in [5.74, 6) is -6.42. The van der Waals surface area contributed by atoms with Gasteiger partial charge in [0.2, 0.25) is 0 Å². The minimum atomic E-state index is -2.63. The van der Waals surface area contributed by atoms with Crippen molar-refractivity contribution in [3.05, 3.63) is 82.9 Å². The van der Waals surface area contributed by atoms with E-state index in [2.05, 4.69) is 5.32 Å². The zero-order valence-corrected chi connectivity index (χ0v) is 42.2. The van der Waals surface area contributed by atoms with Crippen molar-refractivity contribution in [2.24, 2.45) is 28.6 Å². The Morgan fingerprint density at radius 3 is 1.94 bits per heavy atom. The summed E-state index contributed by atoms with van der Waals surface area (Å²) in [7, 11) is -2.63. The molecule has 15 nitrogen and oxygen atoms in total. The van der Waals surface area contributed by atoms with E-state index in [1.54, 1.807) is 88.4 Å². The molecule has 3 saturated carbocycles. The molecule has 68 heavy (non-hydrogen) atoms. The Hall–Kier alpha value is -4.74. The van der Waals surface area contributed by atoms with Gasteiger partial charge in [0.15, 0.2) is 31.9 Å². The molecule has 1 aliphatic heterocycles. The average molecular weight is 960 g/mol. The fourth-order valence-electron chi connectivity index (χ4n) is 12.4. The van der Waals surface area contributed by atoms with Gasteiger partial charge >= 0.3 is 23.9 Å². The van der Waals surface area contributed by atoms with Crippen LogP contribution in [0.15, 0.2) is 71.8 Å². The molecule has 16 heteroatoms. The van der Waals surface area contributed by atoms with Crippen molar-refractivity contribution in [3.63, 3.8) is 0 Å². The maximum Gasteiger partial charge on any atom is 0.338 e. The standard InChI is InChI=1S/C52H69NO14Si/c1-12-68(13-2,14-3)67-37-25-38-51(28-62-38,66-32(8)55)41-44(65-46(59)34-23-19-16-20-24-34)52(61)27-36(30(6)39(48(52,9)10)40(63-31(7)54)42(56)49(37,41)11)64-47(60)43(57)50(26-35(50)29(4)5)53-45(58)33-21-17-15-18-22-33/h15-24,29,35-38,40-41,43-44,57,61H,12-14,25-28H2,1-11H3,(H,53,58)/t35-,36-,37-,38+,40+,41-,43-,44-,49+,50-,51-,52+/m0/s1. The predicted molar refractivity (Wildman–Crippen MR) is 250 cm³/mol. The molecule has 2 aromatic rings. The van der Waals surface area contributed by atoms with Crippen molar-refractivity contribution in [3.8, 4) is 0 Å². The fourth-order valence-corrected chi connectivity index (χ4v) is 15.4. The van der Waals surface area contributed by atoms with Crippen LogP contribution >= 0.6 is 0 Å². The van der Waals surface area contributed by atoms with Crippen LogP contribution in [0.1, 0.15) is 116 Å². The maximum atomic E-state index is 16.3. The van der Waals surface area contributed by atoms with Crippen molar-refractivity contribution in [1.82, 2.24) is 5.32 Å². The van der Waals surface area contributed by atoms with Crippen LogP contribution < -0.4 is 5.32 Å². The molecule has 2 bridgehead atoms. The number of ether oxygens (including phenoxy) is 5. The number of esters is 4. The molecule has 0 radical (unpaired) electrons. The second-order valence-electron chi connectivity index (χ2n) is 20.8. The van der Waals surface area contributed by atoms with Gasteiger partial charge in [-0.2, -0.15) is 0 Å².